The van der Waals surface area contributed by atoms with Crippen LogP contribution in [0.2, 0.25) is 10.0 Å². The Morgan fingerprint density at radius 2 is 1.77 bits per heavy atom. The molecule has 134 valence electrons. The zero-order valence-corrected chi connectivity index (χ0v) is 14.8. The fraction of sp³-hybridized carbons (Fsp3) is 0.167. The Morgan fingerprint density at radius 1 is 1.04 bits per heavy atom. The number of hydrogen-bond donors (Lipinski definition) is 1. The first kappa shape index (κ1) is 17.2. The number of alkyl halides is 3. The van der Waals surface area contributed by atoms with Gasteiger partial charge in [0.2, 0.25) is 0 Å². The Hall–Kier alpha value is -2.18. The predicted octanol–water partition coefficient (Wildman–Crippen LogP) is 5.83. The minimum Gasteiger partial charge on any atom is -0.369 e. The lowest BCUT2D eigenvalue weighted by molar-refractivity contribution is -0.137. The number of hydrogen-bond acceptors (Lipinski definition) is 2. The Kier molecular flexibility index (Phi) is 4.12. The van der Waals surface area contributed by atoms with Crippen molar-refractivity contribution >= 4 is 29.0 Å². The lowest BCUT2D eigenvalue weighted by Gasteiger charge is -2.09. The first-order valence-electron chi connectivity index (χ1n) is 7.83. The van der Waals surface area contributed by atoms with Crippen molar-refractivity contribution in [3.8, 4) is 16.9 Å². The molecule has 1 aromatic heterocycles. The van der Waals surface area contributed by atoms with Gasteiger partial charge in [0.05, 0.1) is 22.0 Å². The molecule has 8 heteroatoms. The number of fused-ring (bicyclic) bond motifs is 1. The molecule has 2 heterocycles. The van der Waals surface area contributed by atoms with Crippen LogP contribution < -0.4 is 5.32 Å². The third-order valence-electron chi connectivity index (χ3n) is 4.27. The largest absolute Gasteiger partial charge is 0.416 e. The summed E-state index contributed by atoms with van der Waals surface area (Å²) in [5.41, 5.74) is 2.13. The molecular formula is C18H12Cl2F3N3. The van der Waals surface area contributed by atoms with E-state index in [1.165, 1.54) is 12.1 Å². The fourth-order valence-corrected chi connectivity index (χ4v) is 3.41. The summed E-state index contributed by atoms with van der Waals surface area (Å²) in [5.74, 6) is 0.782. The number of aromatic nitrogens is 2. The molecule has 1 aliphatic rings. The highest BCUT2D eigenvalue weighted by atomic mass is 35.5. The molecule has 0 unspecified atom stereocenters. The van der Waals surface area contributed by atoms with E-state index in [9.17, 15) is 13.2 Å². The predicted molar refractivity (Wildman–Crippen MR) is 96.2 cm³/mol. The van der Waals surface area contributed by atoms with Crippen molar-refractivity contribution in [3.63, 3.8) is 0 Å². The van der Waals surface area contributed by atoms with Gasteiger partial charge in [-0.2, -0.15) is 18.3 Å². The molecule has 0 bridgehead atoms. The molecule has 0 atom stereocenters. The van der Waals surface area contributed by atoms with Crippen molar-refractivity contribution in [2.75, 3.05) is 11.9 Å². The van der Waals surface area contributed by atoms with Crippen LogP contribution in [-0.2, 0) is 12.6 Å². The van der Waals surface area contributed by atoms with Crippen LogP contribution in [-0.4, -0.2) is 16.3 Å². The average Bonchev–Trinajstić information content (AvgIpc) is 3.19. The van der Waals surface area contributed by atoms with Crippen LogP contribution in [0.25, 0.3) is 16.9 Å². The molecular weight excluding hydrogens is 386 g/mol. The van der Waals surface area contributed by atoms with Crippen LogP contribution in [0.3, 0.4) is 0 Å². The molecule has 0 spiro atoms. The van der Waals surface area contributed by atoms with Crippen LogP contribution in [0, 0.1) is 0 Å². The van der Waals surface area contributed by atoms with E-state index in [0.29, 0.717) is 27.0 Å². The van der Waals surface area contributed by atoms with Crippen molar-refractivity contribution in [2.24, 2.45) is 0 Å². The molecule has 0 amide bonds. The molecule has 4 rings (SSSR count). The van der Waals surface area contributed by atoms with E-state index in [0.717, 1.165) is 36.5 Å². The fourth-order valence-electron chi connectivity index (χ4n) is 3.05. The third-order valence-corrected chi connectivity index (χ3v) is 4.83. The molecule has 0 aliphatic carbocycles. The quantitative estimate of drug-likeness (QED) is 0.589. The van der Waals surface area contributed by atoms with E-state index in [4.69, 9.17) is 23.2 Å². The Morgan fingerprint density at radius 3 is 2.46 bits per heavy atom. The number of rotatable bonds is 2. The molecule has 0 saturated carbocycles. The lowest BCUT2D eigenvalue weighted by Crippen LogP contribution is -2.05. The Bertz CT molecular complexity index is 979. The van der Waals surface area contributed by atoms with Crippen LogP contribution in [0.15, 0.2) is 42.5 Å². The van der Waals surface area contributed by atoms with Crippen LogP contribution in [0.5, 0.6) is 0 Å². The van der Waals surface area contributed by atoms with Gasteiger partial charge in [-0.25, -0.2) is 4.68 Å². The van der Waals surface area contributed by atoms with Gasteiger partial charge >= 0.3 is 6.18 Å². The maximum atomic E-state index is 12.8. The number of anilines is 1. The normalized spacial score (nSPS) is 13.6. The van der Waals surface area contributed by atoms with E-state index in [1.54, 1.807) is 22.9 Å². The first-order chi connectivity index (χ1) is 12.3. The standard InChI is InChI=1S/C18H12Cl2F3N3/c19-12-5-6-14(20)15(9-12)26-17-13(7-8-24-17)16(25-26)10-1-3-11(4-2-10)18(21,22)23/h1-6,9,24H,7-8H2. The van der Waals surface area contributed by atoms with Crippen molar-refractivity contribution in [1.29, 1.82) is 0 Å². The highest BCUT2D eigenvalue weighted by Crippen LogP contribution is 2.38. The van der Waals surface area contributed by atoms with E-state index in [-0.39, 0.29) is 0 Å². The molecule has 3 nitrogen and oxygen atoms in total. The van der Waals surface area contributed by atoms with Gasteiger partial charge in [-0.05, 0) is 36.8 Å². The molecule has 0 fully saturated rings. The maximum absolute atomic E-state index is 12.8. The van der Waals surface area contributed by atoms with Gasteiger partial charge in [-0.3, -0.25) is 0 Å². The van der Waals surface area contributed by atoms with Gasteiger partial charge in [-0.1, -0.05) is 35.3 Å². The second kappa shape index (κ2) is 6.21. The van der Waals surface area contributed by atoms with E-state index in [2.05, 4.69) is 10.4 Å². The maximum Gasteiger partial charge on any atom is 0.416 e. The summed E-state index contributed by atoms with van der Waals surface area (Å²) >= 11 is 12.4. The number of nitrogens with zero attached hydrogens (tertiary/aromatic N) is 2. The average molecular weight is 398 g/mol. The highest BCUT2D eigenvalue weighted by Gasteiger charge is 2.31. The van der Waals surface area contributed by atoms with Crippen LogP contribution in [0.4, 0.5) is 19.0 Å². The molecule has 3 aromatic rings. The van der Waals surface area contributed by atoms with E-state index >= 15 is 0 Å². The zero-order valence-electron chi connectivity index (χ0n) is 13.2. The minimum absolute atomic E-state index is 0.479. The molecule has 0 saturated heterocycles. The molecule has 0 radical (unpaired) electrons. The van der Waals surface area contributed by atoms with Crippen molar-refractivity contribution < 1.29 is 13.2 Å². The second-order valence-electron chi connectivity index (χ2n) is 5.94. The van der Waals surface area contributed by atoms with E-state index in [1.807, 2.05) is 0 Å². The van der Waals surface area contributed by atoms with Gasteiger partial charge in [-0.15, -0.1) is 0 Å². The van der Waals surface area contributed by atoms with Crippen molar-refractivity contribution in [3.05, 3.63) is 63.6 Å². The summed E-state index contributed by atoms with van der Waals surface area (Å²) in [4.78, 5) is 0. The SMILES string of the molecule is FC(F)(F)c1ccc(-c2nn(-c3cc(Cl)ccc3Cl)c3c2CCN3)cc1. The summed E-state index contributed by atoms with van der Waals surface area (Å²) < 4.78 is 40.0. The highest BCUT2D eigenvalue weighted by molar-refractivity contribution is 6.34. The molecule has 2 aromatic carbocycles. The number of halogens is 5. The summed E-state index contributed by atoms with van der Waals surface area (Å²) in [6.07, 6.45) is -3.64. The summed E-state index contributed by atoms with van der Waals surface area (Å²) in [6.45, 7) is 0.721. The Balaban J connectivity index is 1.83. The van der Waals surface area contributed by atoms with E-state index < -0.39 is 11.7 Å². The van der Waals surface area contributed by atoms with Crippen molar-refractivity contribution in [1.82, 2.24) is 9.78 Å². The number of nitrogens with one attached hydrogen (secondary N) is 1. The van der Waals surface area contributed by atoms with Gasteiger partial charge in [0, 0.05) is 22.7 Å². The molecule has 1 aliphatic heterocycles. The van der Waals surface area contributed by atoms with Gasteiger partial charge in [0.15, 0.2) is 0 Å². The molecule has 26 heavy (non-hydrogen) atoms. The monoisotopic (exact) mass is 397 g/mol. The minimum atomic E-state index is -4.37. The van der Waals surface area contributed by atoms with Crippen LogP contribution in [0.1, 0.15) is 11.1 Å². The first-order valence-corrected chi connectivity index (χ1v) is 8.59. The van der Waals surface area contributed by atoms with Gasteiger partial charge in [0.25, 0.3) is 0 Å². The molecule has 1 N–H and O–H groups in total. The number of benzene rings is 2. The topological polar surface area (TPSA) is 29.9 Å². The third kappa shape index (κ3) is 2.93. The van der Waals surface area contributed by atoms with Gasteiger partial charge in [0.1, 0.15) is 5.82 Å². The Labute approximate surface area is 157 Å². The summed E-state index contributed by atoms with van der Waals surface area (Å²) in [6, 6.07) is 10.1. The van der Waals surface area contributed by atoms with Crippen molar-refractivity contribution in [2.45, 2.75) is 12.6 Å². The summed E-state index contributed by atoms with van der Waals surface area (Å²) in [7, 11) is 0. The second-order valence-corrected chi connectivity index (χ2v) is 6.78. The lowest BCUT2D eigenvalue weighted by atomic mass is 10.0. The van der Waals surface area contributed by atoms with Gasteiger partial charge < -0.3 is 5.32 Å². The smallest absolute Gasteiger partial charge is 0.369 e. The summed E-state index contributed by atoms with van der Waals surface area (Å²) in [5, 5.41) is 8.85. The van der Waals surface area contributed by atoms with Crippen LogP contribution >= 0.6 is 23.2 Å². The zero-order chi connectivity index (χ0) is 18.5.